The van der Waals surface area contributed by atoms with Crippen LogP contribution in [0.2, 0.25) is 5.02 Å². The number of aromatic nitrogens is 4. The second-order valence-electron chi connectivity index (χ2n) is 10.6. The molecule has 1 amide bonds. The summed E-state index contributed by atoms with van der Waals surface area (Å²) in [6, 6.07) is 4.87. The molecule has 2 aromatic heterocycles. The lowest BCUT2D eigenvalue weighted by molar-refractivity contribution is 0.168. The van der Waals surface area contributed by atoms with Crippen molar-refractivity contribution in [2.24, 2.45) is 0 Å². The Hall–Kier alpha value is -3.38. The number of H-pyrrole nitrogens is 1. The Balaban J connectivity index is 2.08. The second-order valence-corrected chi connectivity index (χ2v) is 13.2. The number of ether oxygens (including phenoxy) is 1. The van der Waals surface area contributed by atoms with E-state index in [1.165, 1.54) is 7.11 Å². The van der Waals surface area contributed by atoms with Gasteiger partial charge in [-0.1, -0.05) is 32.4 Å². The van der Waals surface area contributed by atoms with Crippen molar-refractivity contribution in [2.75, 3.05) is 23.7 Å². The molecule has 11 nitrogen and oxygen atoms in total. The normalized spacial score (nSPS) is 12.8. The Kier molecular flexibility index (Phi) is 9.12. The minimum absolute atomic E-state index is 0.234. The number of methoxy groups -OCH3 is 1. The average molecular weight is 578 g/mol. The molecule has 1 aromatic carbocycles. The Morgan fingerprint density at radius 2 is 1.87 bits per heavy atom. The first kappa shape index (κ1) is 30.2. The summed E-state index contributed by atoms with van der Waals surface area (Å²) in [4.78, 5) is 28.8. The first-order valence-corrected chi connectivity index (χ1v) is 14.4. The van der Waals surface area contributed by atoms with Gasteiger partial charge in [0.15, 0.2) is 0 Å². The van der Waals surface area contributed by atoms with Gasteiger partial charge in [-0.3, -0.25) is 4.72 Å². The first-order valence-electron chi connectivity index (χ1n) is 12.5. The van der Waals surface area contributed by atoms with Crippen LogP contribution in [0.25, 0.3) is 22.6 Å². The predicted molar refractivity (Wildman–Crippen MR) is 155 cm³/mol. The number of hydrogen-bond donors (Lipinski definition) is 4. The van der Waals surface area contributed by atoms with Crippen LogP contribution in [0.15, 0.2) is 24.4 Å². The minimum atomic E-state index is -3.60. The lowest BCUT2D eigenvalue weighted by Crippen LogP contribution is -2.37. The maximum atomic E-state index is 12.6. The number of benzene rings is 1. The van der Waals surface area contributed by atoms with Gasteiger partial charge in [-0.2, -0.15) is 0 Å². The maximum absolute atomic E-state index is 12.6. The largest absolute Gasteiger partial charge is 0.453 e. The molecule has 0 unspecified atom stereocenters. The van der Waals surface area contributed by atoms with Crippen molar-refractivity contribution in [3.05, 3.63) is 40.8 Å². The molecule has 0 bridgehead atoms. The van der Waals surface area contributed by atoms with Gasteiger partial charge in [0.2, 0.25) is 16.0 Å². The number of carbonyl (C=O) groups excluding carboxylic acids is 1. The van der Waals surface area contributed by atoms with Crippen molar-refractivity contribution in [2.45, 2.75) is 65.2 Å². The second kappa shape index (κ2) is 11.8. The molecule has 212 valence electrons. The smallest absolute Gasteiger partial charge is 0.407 e. The zero-order valence-corrected chi connectivity index (χ0v) is 25.0. The number of hydrogen-bond acceptors (Lipinski definition) is 8. The van der Waals surface area contributed by atoms with Crippen LogP contribution in [-0.4, -0.2) is 59.4 Å². The van der Waals surface area contributed by atoms with Crippen LogP contribution < -0.4 is 15.4 Å². The molecule has 39 heavy (non-hydrogen) atoms. The highest BCUT2D eigenvalue weighted by atomic mass is 35.5. The molecule has 2 heterocycles. The number of sulfonamides is 1. The van der Waals surface area contributed by atoms with Gasteiger partial charge < -0.3 is 20.4 Å². The van der Waals surface area contributed by atoms with Crippen molar-refractivity contribution in [1.82, 2.24) is 25.3 Å². The van der Waals surface area contributed by atoms with Crippen LogP contribution in [0.5, 0.6) is 0 Å². The molecule has 3 aromatic rings. The Morgan fingerprint density at radius 3 is 2.49 bits per heavy atom. The fourth-order valence-corrected chi connectivity index (χ4v) is 4.52. The molecule has 1 atom stereocenters. The van der Waals surface area contributed by atoms with Gasteiger partial charge in [0.1, 0.15) is 5.82 Å². The van der Waals surface area contributed by atoms with Crippen LogP contribution in [0.1, 0.15) is 52.9 Å². The molecule has 0 spiro atoms. The third kappa shape index (κ3) is 7.39. The average Bonchev–Trinajstić information content (AvgIpc) is 3.30. The van der Waals surface area contributed by atoms with Crippen molar-refractivity contribution >= 4 is 39.4 Å². The maximum Gasteiger partial charge on any atom is 0.407 e. The third-order valence-corrected chi connectivity index (χ3v) is 7.91. The van der Waals surface area contributed by atoms with E-state index in [0.717, 1.165) is 5.82 Å². The third-order valence-electron chi connectivity index (χ3n) is 5.94. The van der Waals surface area contributed by atoms with Crippen molar-refractivity contribution in [3.63, 3.8) is 0 Å². The van der Waals surface area contributed by atoms with Crippen molar-refractivity contribution < 1.29 is 17.9 Å². The highest BCUT2D eigenvalue weighted by molar-refractivity contribution is 7.93. The summed E-state index contributed by atoms with van der Waals surface area (Å²) in [6.07, 6.45) is 1.10. The summed E-state index contributed by atoms with van der Waals surface area (Å²) in [5.41, 5.74) is 3.19. The van der Waals surface area contributed by atoms with Gasteiger partial charge in [0.05, 0.1) is 35.1 Å². The fraction of sp³-hybridized carbons (Fsp3) is 0.462. The summed E-state index contributed by atoms with van der Waals surface area (Å²) < 4.78 is 32.6. The molecular formula is C26H36ClN7O4S. The number of amides is 1. The number of carbonyl (C=O) groups is 1. The number of aromatic amines is 1. The summed E-state index contributed by atoms with van der Waals surface area (Å²) in [5, 5.41) is 5.54. The van der Waals surface area contributed by atoms with Crippen LogP contribution >= 0.6 is 11.6 Å². The molecule has 0 aliphatic heterocycles. The van der Waals surface area contributed by atoms with E-state index >= 15 is 0 Å². The monoisotopic (exact) mass is 577 g/mol. The van der Waals surface area contributed by atoms with Crippen LogP contribution in [0.4, 0.5) is 16.4 Å². The molecule has 0 fully saturated rings. The summed E-state index contributed by atoms with van der Waals surface area (Å²) in [7, 11) is -2.29. The van der Waals surface area contributed by atoms with E-state index in [1.54, 1.807) is 38.2 Å². The van der Waals surface area contributed by atoms with Gasteiger partial charge >= 0.3 is 6.09 Å². The SMILES string of the molecule is COC(=O)N[C@@H](C)CNc1nccc(-c2[nH]c(C(C)(C)C)nc2-c2cc(Cl)cc(NS(=O)(=O)C(C)C)c2C)n1. The van der Waals surface area contributed by atoms with Crippen LogP contribution in [-0.2, 0) is 20.2 Å². The molecule has 0 radical (unpaired) electrons. The molecule has 0 saturated heterocycles. The lowest BCUT2D eigenvalue weighted by Gasteiger charge is -2.16. The van der Waals surface area contributed by atoms with E-state index in [0.29, 0.717) is 51.4 Å². The lowest BCUT2D eigenvalue weighted by atomic mass is 9.96. The predicted octanol–water partition coefficient (Wildman–Crippen LogP) is 5.10. The summed E-state index contributed by atoms with van der Waals surface area (Å²) >= 11 is 6.47. The number of imidazole rings is 1. The number of nitrogens with one attached hydrogen (secondary N) is 4. The van der Waals surface area contributed by atoms with Gasteiger partial charge in [0, 0.05) is 34.8 Å². The molecule has 3 rings (SSSR count). The van der Waals surface area contributed by atoms with Gasteiger partial charge in [-0.25, -0.2) is 28.2 Å². The van der Waals surface area contributed by atoms with E-state index < -0.39 is 21.4 Å². The standard InChI is InChI=1S/C26H36ClN7O4S/c1-14(2)39(36,37)34-20-12-17(27)11-18(16(20)4)21-22(33-23(32-21)26(5,6)7)19-9-10-28-24(31-19)29-13-15(3)30-25(35)38-8/h9-12,14-15,34H,13H2,1-8H3,(H,30,35)(H,32,33)(H,28,29,31)/t15-/m0/s1. The Bertz CT molecular complexity index is 1450. The highest BCUT2D eigenvalue weighted by Crippen LogP contribution is 2.38. The summed E-state index contributed by atoms with van der Waals surface area (Å²) in [6.45, 7) is 13.3. The fourth-order valence-electron chi connectivity index (χ4n) is 3.55. The molecule has 0 aliphatic carbocycles. The zero-order valence-electron chi connectivity index (χ0n) is 23.4. The van der Waals surface area contributed by atoms with E-state index in [4.69, 9.17) is 16.6 Å². The van der Waals surface area contributed by atoms with Crippen molar-refractivity contribution in [3.8, 4) is 22.6 Å². The number of nitrogens with zero attached hydrogens (tertiary/aromatic N) is 3. The number of anilines is 2. The molecule has 13 heteroatoms. The van der Waals surface area contributed by atoms with E-state index in [2.05, 4.69) is 35.0 Å². The van der Waals surface area contributed by atoms with E-state index in [9.17, 15) is 13.2 Å². The minimum Gasteiger partial charge on any atom is -0.453 e. The highest BCUT2D eigenvalue weighted by Gasteiger charge is 2.26. The van der Waals surface area contributed by atoms with Crippen LogP contribution in [0.3, 0.4) is 0 Å². The first-order chi connectivity index (χ1) is 18.1. The number of halogens is 1. The van der Waals surface area contributed by atoms with Gasteiger partial charge in [-0.05, 0) is 51.5 Å². The summed E-state index contributed by atoms with van der Waals surface area (Å²) in [5.74, 6) is 1.08. The van der Waals surface area contributed by atoms with Crippen LogP contribution in [0, 0.1) is 6.92 Å². The molecular weight excluding hydrogens is 542 g/mol. The number of rotatable bonds is 9. The van der Waals surface area contributed by atoms with E-state index in [1.807, 2.05) is 34.6 Å². The van der Waals surface area contributed by atoms with E-state index in [-0.39, 0.29) is 11.5 Å². The number of alkyl carbamates (subject to hydrolysis) is 1. The molecule has 0 aliphatic rings. The van der Waals surface area contributed by atoms with Gasteiger partial charge in [0.25, 0.3) is 0 Å². The molecule has 0 saturated carbocycles. The Morgan fingerprint density at radius 1 is 1.18 bits per heavy atom. The van der Waals surface area contributed by atoms with Gasteiger partial charge in [-0.15, -0.1) is 0 Å². The topological polar surface area (TPSA) is 151 Å². The Labute approximate surface area is 234 Å². The quantitative estimate of drug-likeness (QED) is 0.274. The van der Waals surface area contributed by atoms with Crippen molar-refractivity contribution in [1.29, 1.82) is 0 Å². The molecule has 4 N–H and O–H groups in total. The zero-order chi connectivity index (χ0) is 29.1.